The highest BCUT2D eigenvalue weighted by molar-refractivity contribution is 5.25. The fraction of sp³-hybridized carbons (Fsp3) is 0.533. The van der Waals surface area contributed by atoms with Crippen LogP contribution in [0.25, 0.3) is 0 Å². The Morgan fingerprint density at radius 1 is 1.21 bits per heavy atom. The van der Waals surface area contributed by atoms with E-state index in [0.29, 0.717) is 5.56 Å². The van der Waals surface area contributed by atoms with Gasteiger partial charge in [0, 0.05) is 12.1 Å². The Bertz CT molecular complexity index is 429. The second kappa shape index (κ2) is 6.67. The van der Waals surface area contributed by atoms with E-state index in [4.69, 9.17) is 5.26 Å². The number of hydrogen-bond donors (Lipinski definition) is 3. The van der Waals surface area contributed by atoms with Gasteiger partial charge in [-0.1, -0.05) is 24.3 Å². The Morgan fingerprint density at radius 3 is 2.26 bits per heavy atom. The molecule has 3 N–H and O–H groups in total. The second-order valence-corrected chi connectivity index (χ2v) is 5.72. The van der Waals surface area contributed by atoms with E-state index in [2.05, 4.69) is 26.1 Å². The van der Waals surface area contributed by atoms with Crippen LogP contribution in [-0.4, -0.2) is 21.9 Å². The van der Waals surface area contributed by atoms with Crippen molar-refractivity contribution in [3.05, 3.63) is 35.4 Å². The van der Waals surface area contributed by atoms with Crippen LogP contribution >= 0.6 is 0 Å². The highest BCUT2D eigenvalue weighted by atomic mass is 16.3. The molecule has 0 aliphatic rings. The summed E-state index contributed by atoms with van der Waals surface area (Å²) in [4.78, 5) is 0. The van der Waals surface area contributed by atoms with Gasteiger partial charge in [-0.2, -0.15) is 5.26 Å². The van der Waals surface area contributed by atoms with Crippen LogP contribution < -0.4 is 5.32 Å². The number of nitriles is 1. The molecule has 0 aliphatic heterocycles. The van der Waals surface area contributed by atoms with Crippen molar-refractivity contribution < 1.29 is 10.2 Å². The molecule has 0 amide bonds. The topological polar surface area (TPSA) is 76.3 Å². The lowest BCUT2D eigenvalue weighted by atomic mass is 10.0. The van der Waals surface area contributed by atoms with E-state index in [9.17, 15) is 10.2 Å². The van der Waals surface area contributed by atoms with Gasteiger partial charge in [-0.05, 0) is 31.9 Å². The van der Waals surface area contributed by atoms with Crippen molar-refractivity contribution in [2.75, 3.05) is 0 Å². The van der Waals surface area contributed by atoms with Crippen molar-refractivity contribution in [1.82, 2.24) is 5.32 Å². The molecule has 104 valence electrons. The molecule has 2 atom stereocenters. The van der Waals surface area contributed by atoms with E-state index in [0.717, 1.165) is 12.1 Å². The molecule has 0 heterocycles. The van der Waals surface area contributed by atoms with Crippen LogP contribution in [0.2, 0.25) is 0 Å². The molecule has 0 fully saturated rings. The molecule has 4 nitrogen and oxygen atoms in total. The molecule has 0 aromatic heterocycles. The summed E-state index contributed by atoms with van der Waals surface area (Å²) in [6, 6.07) is 9.24. The molecular weight excluding hydrogens is 240 g/mol. The average molecular weight is 262 g/mol. The zero-order valence-corrected chi connectivity index (χ0v) is 11.7. The van der Waals surface area contributed by atoms with Crippen molar-refractivity contribution >= 4 is 0 Å². The number of hydrogen-bond acceptors (Lipinski definition) is 4. The average Bonchev–Trinajstić information content (AvgIpc) is 2.35. The molecule has 1 rings (SSSR count). The summed E-state index contributed by atoms with van der Waals surface area (Å²) in [5.74, 6) is 0. The highest BCUT2D eigenvalue weighted by Crippen LogP contribution is 2.19. The Labute approximate surface area is 114 Å². The number of aliphatic hydroxyl groups excluding tert-OH is 2. The third-order valence-electron chi connectivity index (χ3n) is 2.81. The van der Waals surface area contributed by atoms with Crippen molar-refractivity contribution in [3.8, 4) is 6.07 Å². The zero-order valence-electron chi connectivity index (χ0n) is 11.7. The van der Waals surface area contributed by atoms with Crippen molar-refractivity contribution in [1.29, 1.82) is 5.26 Å². The number of rotatable bonds is 5. The molecule has 19 heavy (non-hydrogen) atoms. The summed E-state index contributed by atoms with van der Waals surface area (Å²) in [5, 5.41) is 31.3. The number of nitrogens with zero attached hydrogens (tertiary/aromatic N) is 1. The molecule has 0 saturated carbocycles. The molecule has 0 radical (unpaired) electrons. The minimum Gasteiger partial charge on any atom is -0.389 e. The van der Waals surface area contributed by atoms with Crippen molar-refractivity contribution in [2.45, 2.75) is 51.5 Å². The van der Waals surface area contributed by atoms with Crippen LogP contribution in [0, 0.1) is 11.3 Å². The lowest BCUT2D eigenvalue weighted by molar-refractivity contribution is 0.0216. The number of nitrogens with one attached hydrogen (secondary N) is 1. The number of aliphatic hydroxyl groups is 2. The van der Waals surface area contributed by atoms with E-state index in [1.165, 1.54) is 0 Å². The molecule has 1 aromatic rings. The van der Waals surface area contributed by atoms with Crippen LogP contribution in [0.5, 0.6) is 0 Å². The van der Waals surface area contributed by atoms with Crippen LogP contribution in [0.1, 0.15) is 44.4 Å². The summed E-state index contributed by atoms with van der Waals surface area (Å²) >= 11 is 0. The summed E-state index contributed by atoms with van der Waals surface area (Å²) in [5.41, 5.74) is 1.80. The minimum absolute atomic E-state index is 0.0567. The van der Waals surface area contributed by atoms with Crippen LogP contribution in [0.3, 0.4) is 0 Å². The summed E-state index contributed by atoms with van der Waals surface area (Å²) in [6.07, 6.45) is -2.12. The van der Waals surface area contributed by atoms with Gasteiger partial charge in [-0.3, -0.25) is 0 Å². The van der Waals surface area contributed by atoms with Crippen molar-refractivity contribution in [2.24, 2.45) is 0 Å². The molecule has 0 saturated heterocycles. The monoisotopic (exact) mass is 262 g/mol. The Hall–Kier alpha value is -1.41. The van der Waals surface area contributed by atoms with Gasteiger partial charge < -0.3 is 15.5 Å². The lowest BCUT2D eigenvalue weighted by Gasteiger charge is -2.21. The molecule has 4 heteroatoms. The fourth-order valence-electron chi connectivity index (χ4n) is 1.63. The zero-order chi connectivity index (χ0) is 14.5. The maximum atomic E-state index is 9.85. The SMILES string of the molecule is CC(C)(C)NCc1ccc(C(O)C(O)CC#N)cc1. The van der Waals surface area contributed by atoms with Crippen LogP contribution in [0.15, 0.2) is 24.3 Å². The van der Waals surface area contributed by atoms with Crippen molar-refractivity contribution in [3.63, 3.8) is 0 Å². The quantitative estimate of drug-likeness (QED) is 0.757. The van der Waals surface area contributed by atoms with Gasteiger partial charge in [0.25, 0.3) is 0 Å². The molecule has 2 unspecified atom stereocenters. The van der Waals surface area contributed by atoms with Gasteiger partial charge >= 0.3 is 0 Å². The summed E-state index contributed by atoms with van der Waals surface area (Å²) < 4.78 is 0. The van der Waals surface area contributed by atoms with Gasteiger partial charge in [0.2, 0.25) is 0 Å². The smallest absolute Gasteiger partial charge is 0.106 e. The first-order valence-electron chi connectivity index (χ1n) is 6.40. The van der Waals surface area contributed by atoms with Gasteiger partial charge in [-0.25, -0.2) is 0 Å². The largest absolute Gasteiger partial charge is 0.389 e. The Balaban J connectivity index is 2.64. The molecule has 0 aliphatic carbocycles. The van der Waals surface area contributed by atoms with E-state index >= 15 is 0 Å². The third kappa shape index (κ3) is 5.39. The second-order valence-electron chi connectivity index (χ2n) is 5.72. The van der Waals surface area contributed by atoms with Crippen LogP contribution in [-0.2, 0) is 6.54 Å². The van der Waals surface area contributed by atoms with Crippen LogP contribution in [0.4, 0.5) is 0 Å². The summed E-state index contributed by atoms with van der Waals surface area (Å²) in [7, 11) is 0. The Morgan fingerprint density at radius 2 is 1.79 bits per heavy atom. The first-order chi connectivity index (χ1) is 8.83. The first-order valence-corrected chi connectivity index (χ1v) is 6.40. The summed E-state index contributed by atoms with van der Waals surface area (Å²) in [6.45, 7) is 7.05. The predicted molar refractivity (Wildman–Crippen MR) is 74.2 cm³/mol. The maximum Gasteiger partial charge on any atom is 0.106 e. The van der Waals surface area contributed by atoms with Gasteiger partial charge in [0.05, 0.1) is 18.6 Å². The third-order valence-corrected chi connectivity index (χ3v) is 2.81. The highest BCUT2D eigenvalue weighted by Gasteiger charge is 2.17. The van der Waals surface area contributed by atoms with Gasteiger partial charge in [-0.15, -0.1) is 0 Å². The molecular formula is C15H22N2O2. The molecule has 1 aromatic carbocycles. The first kappa shape index (κ1) is 15.6. The van der Waals surface area contributed by atoms with Gasteiger partial charge in [0.15, 0.2) is 0 Å². The minimum atomic E-state index is -1.04. The van der Waals surface area contributed by atoms with E-state index in [1.807, 2.05) is 18.2 Å². The van der Waals surface area contributed by atoms with E-state index < -0.39 is 12.2 Å². The fourth-order valence-corrected chi connectivity index (χ4v) is 1.63. The van der Waals surface area contributed by atoms with E-state index in [1.54, 1.807) is 12.1 Å². The standard InChI is InChI=1S/C15H22N2O2/c1-15(2,3)17-10-11-4-6-12(7-5-11)14(19)13(18)8-9-16/h4-7,13-14,17-19H,8,10H2,1-3H3. The van der Waals surface area contributed by atoms with E-state index in [-0.39, 0.29) is 12.0 Å². The normalized spacial score (nSPS) is 14.7. The predicted octanol–water partition coefficient (Wildman–Crippen LogP) is 1.88. The molecule has 0 bridgehead atoms. The Kier molecular flexibility index (Phi) is 5.49. The maximum absolute atomic E-state index is 9.85. The molecule has 0 spiro atoms. The lowest BCUT2D eigenvalue weighted by Crippen LogP contribution is -2.35. The number of benzene rings is 1. The van der Waals surface area contributed by atoms with Gasteiger partial charge in [0.1, 0.15) is 6.10 Å².